The van der Waals surface area contributed by atoms with Gasteiger partial charge < -0.3 is 5.73 Å². The van der Waals surface area contributed by atoms with E-state index in [1.807, 2.05) is 0 Å². The molecule has 21 heavy (non-hydrogen) atoms. The Morgan fingerprint density at radius 2 is 1.33 bits per heavy atom. The lowest BCUT2D eigenvalue weighted by atomic mass is 9.99. The topological polar surface area (TPSA) is 26.0 Å². The Morgan fingerprint density at radius 1 is 0.810 bits per heavy atom. The standard InChI is InChI=1S/C19H30NP/c20-15-16-9-7-8-14-19(16)21(17-10-3-1-4-11-17)18-12-5-2-6-13-18/h7-9,14,17-18H,1-6,10-13,15,20H2. The lowest BCUT2D eigenvalue weighted by Crippen LogP contribution is -2.28. The molecule has 2 fully saturated rings. The van der Waals surface area contributed by atoms with Gasteiger partial charge in [0.15, 0.2) is 0 Å². The zero-order valence-electron chi connectivity index (χ0n) is 13.3. The SMILES string of the molecule is NCc1ccccc1P(C1CCCCC1)C1CCCCC1. The molecule has 0 amide bonds. The first-order valence-electron chi connectivity index (χ1n) is 8.96. The van der Waals surface area contributed by atoms with Crippen molar-refractivity contribution in [2.45, 2.75) is 82.1 Å². The highest BCUT2D eigenvalue weighted by atomic mass is 31.1. The van der Waals surface area contributed by atoms with Gasteiger partial charge in [0.25, 0.3) is 0 Å². The molecule has 0 radical (unpaired) electrons. The van der Waals surface area contributed by atoms with Gasteiger partial charge in [0.2, 0.25) is 0 Å². The van der Waals surface area contributed by atoms with Crippen LogP contribution < -0.4 is 11.0 Å². The lowest BCUT2D eigenvalue weighted by molar-refractivity contribution is 0.487. The lowest BCUT2D eigenvalue weighted by Gasteiger charge is -2.39. The Kier molecular flexibility index (Phi) is 5.72. The highest BCUT2D eigenvalue weighted by Gasteiger charge is 2.33. The van der Waals surface area contributed by atoms with Gasteiger partial charge in [-0.25, -0.2) is 0 Å². The van der Waals surface area contributed by atoms with Crippen molar-refractivity contribution in [2.75, 3.05) is 0 Å². The molecule has 0 bridgehead atoms. The number of hydrogen-bond donors (Lipinski definition) is 1. The summed E-state index contributed by atoms with van der Waals surface area (Å²) in [6, 6.07) is 9.10. The van der Waals surface area contributed by atoms with Crippen LogP contribution in [0.5, 0.6) is 0 Å². The molecule has 0 spiro atoms. The zero-order valence-corrected chi connectivity index (χ0v) is 14.2. The Labute approximate surface area is 131 Å². The number of nitrogens with two attached hydrogens (primary N) is 1. The predicted molar refractivity (Wildman–Crippen MR) is 94.6 cm³/mol. The molecule has 3 rings (SSSR count). The van der Waals surface area contributed by atoms with Gasteiger partial charge in [-0.15, -0.1) is 0 Å². The monoisotopic (exact) mass is 303 g/mol. The van der Waals surface area contributed by atoms with Gasteiger partial charge in [-0.3, -0.25) is 0 Å². The van der Waals surface area contributed by atoms with Crippen molar-refractivity contribution < 1.29 is 0 Å². The van der Waals surface area contributed by atoms with Crippen LogP contribution in [-0.2, 0) is 6.54 Å². The minimum Gasteiger partial charge on any atom is -0.326 e. The molecule has 0 heterocycles. The van der Waals surface area contributed by atoms with E-state index in [2.05, 4.69) is 24.3 Å². The van der Waals surface area contributed by atoms with Crippen LogP contribution >= 0.6 is 7.92 Å². The molecular weight excluding hydrogens is 273 g/mol. The van der Waals surface area contributed by atoms with Crippen molar-refractivity contribution in [3.05, 3.63) is 29.8 Å². The summed E-state index contributed by atoms with van der Waals surface area (Å²) in [4.78, 5) is 0. The van der Waals surface area contributed by atoms with Crippen molar-refractivity contribution in [3.63, 3.8) is 0 Å². The summed E-state index contributed by atoms with van der Waals surface area (Å²) in [6.45, 7) is 0.717. The molecule has 2 aliphatic rings. The van der Waals surface area contributed by atoms with Gasteiger partial charge in [0.05, 0.1) is 0 Å². The summed E-state index contributed by atoms with van der Waals surface area (Å²) >= 11 is 0. The van der Waals surface area contributed by atoms with Crippen molar-refractivity contribution in [2.24, 2.45) is 5.73 Å². The van der Waals surface area contributed by atoms with Crippen molar-refractivity contribution in [1.29, 1.82) is 0 Å². The number of rotatable bonds is 4. The van der Waals surface area contributed by atoms with Crippen LogP contribution in [-0.4, -0.2) is 11.3 Å². The fourth-order valence-corrected chi connectivity index (χ4v) is 8.33. The molecule has 116 valence electrons. The third-order valence-electron chi connectivity index (χ3n) is 5.43. The maximum Gasteiger partial charge on any atom is 0.0184 e. The van der Waals surface area contributed by atoms with E-state index in [0.717, 1.165) is 11.3 Å². The summed E-state index contributed by atoms with van der Waals surface area (Å²) in [7, 11) is 0.00128. The summed E-state index contributed by atoms with van der Waals surface area (Å²) < 4.78 is 0. The van der Waals surface area contributed by atoms with Crippen LogP contribution in [0.2, 0.25) is 0 Å². The van der Waals surface area contributed by atoms with Gasteiger partial charge in [-0.05, 0) is 47.9 Å². The second kappa shape index (κ2) is 7.75. The van der Waals surface area contributed by atoms with E-state index in [1.54, 1.807) is 5.30 Å². The largest absolute Gasteiger partial charge is 0.326 e. The molecule has 1 nitrogen and oxygen atoms in total. The first-order valence-corrected chi connectivity index (χ1v) is 10.4. The third-order valence-corrected chi connectivity index (χ3v) is 9.02. The molecule has 1 aromatic rings. The van der Waals surface area contributed by atoms with E-state index in [9.17, 15) is 0 Å². The van der Waals surface area contributed by atoms with E-state index < -0.39 is 0 Å². The quantitative estimate of drug-likeness (QED) is 0.785. The Morgan fingerprint density at radius 3 is 1.86 bits per heavy atom. The molecule has 0 saturated heterocycles. The van der Waals surface area contributed by atoms with Crippen LogP contribution in [0.1, 0.15) is 69.8 Å². The third kappa shape index (κ3) is 3.69. The molecule has 2 heteroatoms. The van der Waals surface area contributed by atoms with Gasteiger partial charge in [0.1, 0.15) is 0 Å². The minimum atomic E-state index is 0.00128. The zero-order chi connectivity index (χ0) is 14.5. The molecule has 0 unspecified atom stereocenters. The molecule has 2 N–H and O–H groups in total. The van der Waals surface area contributed by atoms with Gasteiger partial charge in [-0.2, -0.15) is 0 Å². The van der Waals surface area contributed by atoms with Crippen LogP contribution in [0.15, 0.2) is 24.3 Å². The average Bonchev–Trinajstić information content (AvgIpc) is 2.58. The number of hydrogen-bond acceptors (Lipinski definition) is 1. The highest BCUT2D eigenvalue weighted by molar-refractivity contribution is 7.67. The highest BCUT2D eigenvalue weighted by Crippen LogP contribution is 2.55. The first kappa shape index (κ1) is 15.5. The maximum absolute atomic E-state index is 6.06. The van der Waals surface area contributed by atoms with Gasteiger partial charge in [0, 0.05) is 6.54 Å². The van der Waals surface area contributed by atoms with Crippen molar-refractivity contribution >= 4 is 13.2 Å². The molecular formula is C19H30NP. The van der Waals surface area contributed by atoms with E-state index in [-0.39, 0.29) is 7.92 Å². The van der Waals surface area contributed by atoms with Gasteiger partial charge >= 0.3 is 0 Å². The maximum atomic E-state index is 6.06. The van der Waals surface area contributed by atoms with Crippen molar-refractivity contribution in [3.8, 4) is 0 Å². The van der Waals surface area contributed by atoms with E-state index in [0.29, 0.717) is 6.54 Å². The second-order valence-electron chi connectivity index (χ2n) is 6.82. The van der Waals surface area contributed by atoms with E-state index in [4.69, 9.17) is 5.73 Å². The molecule has 2 saturated carbocycles. The smallest absolute Gasteiger partial charge is 0.0184 e. The van der Waals surface area contributed by atoms with Crippen LogP contribution in [0.25, 0.3) is 0 Å². The van der Waals surface area contributed by atoms with E-state index >= 15 is 0 Å². The summed E-state index contributed by atoms with van der Waals surface area (Å²) in [5, 5.41) is 1.66. The normalized spacial score (nSPS) is 21.8. The first-order chi connectivity index (χ1) is 10.4. The molecule has 1 aromatic carbocycles. The van der Waals surface area contributed by atoms with Gasteiger partial charge in [-0.1, -0.05) is 70.7 Å². The summed E-state index contributed by atoms with van der Waals surface area (Å²) in [5.74, 6) is 0. The summed E-state index contributed by atoms with van der Waals surface area (Å²) in [5.41, 5.74) is 9.44. The predicted octanol–water partition coefficient (Wildman–Crippen LogP) is 4.92. The Hall–Kier alpha value is -0.390. The van der Waals surface area contributed by atoms with Crippen LogP contribution in [0, 0.1) is 0 Å². The second-order valence-corrected chi connectivity index (χ2v) is 9.58. The van der Waals surface area contributed by atoms with Crippen LogP contribution in [0.3, 0.4) is 0 Å². The minimum absolute atomic E-state index is 0.00128. The molecule has 0 atom stereocenters. The fourth-order valence-electron chi connectivity index (χ4n) is 4.35. The van der Waals surface area contributed by atoms with E-state index in [1.165, 1.54) is 69.8 Å². The Bertz CT molecular complexity index is 415. The molecule has 0 aromatic heterocycles. The molecule has 0 aliphatic heterocycles. The molecule has 2 aliphatic carbocycles. The average molecular weight is 303 g/mol. The van der Waals surface area contributed by atoms with Crippen LogP contribution in [0.4, 0.5) is 0 Å². The van der Waals surface area contributed by atoms with Crippen molar-refractivity contribution in [1.82, 2.24) is 0 Å². The summed E-state index contributed by atoms with van der Waals surface area (Å²) in [6.07, 6.45) is 14.7. The number of benzene rings is 1. The fraction of sp³-hybridized carbons (Fsp3) is 0.684. The Balaban J connectivity index is 1.89.